The molecule has 0 saturated heterocycles. The van der Waals surface area contributed by atoms with E-state index >= 15 is 0 Å². The molecular formula is C10H12N2O. The SMILES string of the molecule is [N-]=[N+]=C1C(=O)C=CC12CCCCC2. The summed E-state index contributed by atoms with van der Waals surface area (Å²) in [6.07, 6.45) is 8.84. The van der Waals surface area contributed by atoms with Crippen molar-refractivity contribution in [3.05, 3.63) is 17.7 Å². The molecule has 2 aliphatic rings. The average Bonchev–Trinajstić information content (AvgIpc) is 2.45. The van der Waals surface area contributed by atoms with Crippen LogP contribution in [-0.2, 0) is 4.79 Å². The first kappa shape index (κ1) is 8.39. The monoisotopic (exact) mass is 176 g/mol. The molecule has 1 spiro atoms. The van der Waals surface area contributed by atoms with E-state index in [1.807, 2.05) is 6.08 Å². The van der Waals surface area contributed by atoms with E-state index in [1.54, 1.807) is 6.08 Å². The molecule has 0 radical (unpaired) electrons. The number of carbonyl (C=O) groups is 1. The van der Waals surface area contributed by atoms with Gasteiger partial charge in [0, 0.05) is 0 Å². The Balaban J connectivity index is 2.36. The van der Waals surface area contributed by atoms with Gasteiger partial charge in [0.1, 0.15) is 0 Å². The fraction of sp³-hybridized carbons (Fsp3) is 0.600. The molecule has 0 unspecified atom stereocenters. The first-order valence-corrected chi connectivity index (χ1v) is 4.75. The van der Waals surface area contributed by atoms with Crippen molar-refractivity contribution >= 4 is 11.5 Å². The first-order chi connectivity index (χ1) is 6.28. The predicted octanol–water partition coefficient (Wildman–Crippen LogP) is 1.75. The van der Waals surface area contributed by atoms with E-state index in [2.05, 4.69) is 4.79 Å². The summed E-state index contributed by atoms with van der Waals surface area (Å²) >= 11 is 0. The van der Waals surface area contributed by atoms with Crippen LogP contribution in [0.3, 0.4) is 0 Å². The minimum Gasteiger partial charge on any atom is -0.361 e. The van der Waals surface area contributed by atoms with Crippen LogP contribution in [0.1, 0.15) is 32.1 Å². The van der Waals surface area contributed by atoms with E-state index < -0.39 is 0 Å². The largest absolute Gasteiger partial charge is 0.361 e. The molecule has 1 saturated carbocycles. The van der Waals surface area contributed by atoms with Crippen LogP contribution in [-0.4, -0.2) is 16.3 Å². The topological polar surface area (TPSA) is 53.5 Å². The summed E-state index contributed by atoms with van der Waals surface area (Å²) in [6, 6.07) is 0. The Bertz CT molecular complexity index is 318. The van der Waals surface area contributed by atoms with Crippen molar-refractivity contribution in [2.45, 2.75) is 32.1 Å². The second kappa shape index (κ2) is 2.93. The maximum atomic E-state index is 11.3. The molecule has 0 aliphatic heterocycles. The molecule has 1 fully saturated rings. The van der Waals surface area contributed by atoms with E-state index in [0.717, 1.165) is 25.7 Å². The molecule has 0 N–H and O–H groups in total. The Morgan fingerprint density at radius 3 is 2.62 bits per heavy atom. The van der Waals surface area contributed by atoms with Crippen LogP contribution < -0.4 is 0 Å². The summed E-state index contributed by atoms with van der Waals surface area (Å²) in [4.78, 5) is 14.5. The van der Waals surface area contributed by atoms with Crippen molar-refractivity contribution in [2.24, 2.45) is 5.41 Å². The van der Waals surface area contributed by atoms with Gasteiger partial charge in [0.05, 0.1) is 5.41 Å². The molecule has 0 amide bonds. The van der Waals surface area contributed by atoms with Crippen LogP contribution in [0.15, 0.2) is 12.2 Å². The molecule has 0 aromatic rings. The van der Waals surface area contributed by atoms with Crippen LogP contribution in [0, 0.1) is 5.41 Å². The standard InChI is InChI=1S/C10H12N2O/c11-12-9-8(13)4-7-10(9)5-2-1-3-6-10/h4,7H,1-3,5-6H2. The summed E-state index contributed by atoms with van der Waals surface area (Å²) in [5.41, 5.74) is 8.92. The van der Waals surface area contributed by atoms with Gasteiger partial charge in [-0.1, -0.05) is 25.3 Å². The second-order valence-electron chi connectivity index (χ2n) is 3.86. The highest BCUT2D eigenvalue weighted by atomic mass is 16.1. The summed E-state index contributed by atoms with van der Waals surface area (Å²) in [6.45, 7) is 0. The molecule has 2 aliphatic carbocycles. The lowest BCUT2D eigenvalue weighted by molar-refractivity contribution is -0.113. The van der Waals surface area contributed by atoms with Crippen molar-refractivity contribution in [1.29, 1.82) is 0 Å². The normalized spacial score (nSPS) is 25.2. The zero-order valence-electron chi connectivity index (χ0n) is 7.49. The van der Waals surface area contributed by atoms with E-state index in [0.29, 0.717) is 5.71 Å². The third kappa shape index (κ3) is 1.16. The summed E-state index contributed by atoms with van der Waals surface area (Å²) in [7, 11) is 0. The Labute approximate surface area is 77.1 Å². The molecule has 2 rings (SSSR count). The molecule has 0 atom stereocenters. The van der Waals surface area contributed by atoms with E-state index in [9.17, 15) is 4.79 Å². The molecular weight excluding hydrogens is 164 g/mol. The second-order valence-corrected chi connectivity index (χ2v) is 3.86. The number of carbonyl (C=O) groups excluding carboxylic acids is 1. The van der Waals surface area contributed by atoms with Gasteiger partial charge in [-0.25, -0.2) is 0 Å². The molecule has 0 aromatic heterocycles. The Hall–Kier alpha value is -1.21. The molecule has 0 heterocycles. The maximum Gasteiger partial charge on any atom is 0.348 e. The summed E-state index contributed by atoms with van der Waals surface area (Å²) in [5.74, 6) is -0.121. The van der Waals surface area contributed by atoms with Gasteiger partial charge < -0.3 is 5.53 Å². The highest BCUT2D eigenvalue weighted by Gasteiger charge is 2.48. The van der Waals surface area contributed by atoms with Crippen LogP contribution in [0.5, 0.6) is 0 Å². The molecule has 0 bridgehead atoms. The lowest BCUT2D eigenvalue weighted by Gasteiger charge is -2.26. The Morgan fingerprint density at radius 2 is 2.00 bits per heavy atom. The van der Waals surface area contributed by atoms with Crippen LogP contribution in [0.2, 0.25) is 0 Å². The zero-order chi connectivity index (χ0) is 9.31. The van der Waals surface area contributed by atoms with Crippen LogP contribution in [0.25, 0.3) is 5.53 Å². The quantitative estimate of drug-likeness (QED) is 0.409. The van der Waals surface area contributed by atoms with Gasteiger partial charge >= 0.3 is 5.71 Å². The van der Waals surface area contributed by atoms with Crippen LogP contribution >= 0.6 is 0 Å². The minimum absolute atomic E-state index is 0.121. The first-order valence-electron chi connectivity index (χ1n) is 4.75. The smallest absolute Gasteiger partial charge is 0.348 e. The van der Waals surface area contributed by atoms with Crippen molar-refractivity contribution in [3.63, 3.8) is 0 Å². The van der Waals surface area contributed by atoms with Crippen molar-refractivity contribution in [2.75, 3.05) is 0 Å². The average molecular weight is 176 g/mol. The highest BCUT2D eigenvalue weighted by molar-refractivity contribution is 6.46. The number of hydrogen-bond acceptors (Lipinski definition) is 1. The molecule has 3 heteroatoms. The third-order valence-corrected chi connectivity index (χ3v) is 3.10. The number of rotatable bonds is 0. The Morgan fingerprint density at radius 1 is 1.31 bits per heavy atom. The van der Waals surface area contributed by atoms with Gasteiger partial charge in [-0.05, 0) is 18.9 Å². The van der Waals surface area contributed by atoms with Crippen molar-refractivity contribution in [1.82, 2.24) is 0 Å². The van der Waals surface area contributed by atoms with Gasteiger partial charge in [0.25, 0.3) is 5.78 Å². The zero-order valence-corrected chi connectivity index (χ0v) is 7.49. The predicted molar refractivity (Wildman–Crippen MR) is 48.3 cm³/mol. The van der Waals surface area contributed by atoms with Gasteiger partial charge in [0.15, 0.2) is 0 Å². The van der Waals surface area contributed by atoms with E-state index in [-0.39, 0.29) is 11.2 Å². The molecule has 3 nitrogen and oxygen atoms in total. The number of ketones is 1. The molecule has 0 aromatic carbocycles. The Kier molecular flexibility index (Phi) is 1.89. The molecule has 68 valence electrons. The lowest BCUT2D eigenvalue weighted by Crippen LogP contribution is -2.32. The highest BCUT2D eigenvalue weighted by Crippen LogP contribution is 2.41. The van der Waals surface area contributed by atoms with Crippen molar-refractivity contribution < 1.29 is 9.58 Å². The van der Waals surface area contributed by atoms with Crippen LogP contribution in [0.4, 0.5) is 0 Å². The van der Waals surface area contributed by atoms with Crippen molar-refractivity contribution in [3.8, 4) is 0 Å². The molecule has 13 heavy (non-hydrogen) atoms. The minimum atomic E-state index is -0.218. The fourth-order valence-electron chi connectivity index (χ4n) is 2.37. The summed E-state index contributed by atoms with van der Waals surface area (Å²) < 4.78 is 0. The third-order valence-electron chi connectivity index (χ3n) is 3.10. The van der Waals surface area contributed by atoms with Gasteiger partial charge in [-0.15, -0.1) is 0 Å². The lowest BCUT2D eigenvalue weighted by atomic mass is 9.72. The maximum absolute atomic E-state index is 11.3. The van der Waals surface area contributed by atoms with Gasteiger partial charge in [-0.2, -0.15) is 4.79 Å². The number of nitrogens with zero attached hydrogens (tertiary/aromatic N) is 2. The summed E-state index contributed by atoms with van der Waals surface area (Å²) in [5, 5.41) is 0. The number of allylic oxidation sites excluding steroid dienone is 2. The van der Waals surface area contributed by atoms with E-state index in [1.165, 1.54) is 6.42 Å². The van der Waals surface area contributed by atoms with Gasteiger partial charge in [0.2, 0.25) is 0 Å². The fourth-order valence-corrected chi connectivity index (χ4v) is 2.37. The van der Waals surface area contributed by atoms with Gasteiger partial charge in [-0.3, -0.25) is 4.79 Å². The van der Waals surface area contributed by atoms with E-state index in [4.69, 9.17) is 5.53 Å². The number of hydrogen-bond donors (Lipinski definition) is 0.